The Labute approximate surface area is 127 Å². The van der Waals surface area contributed by atoms with E-state index in [-0.39, 0.29) is 0 Å². The van der Waals surface area contributed by atoms with Gasteiger partial charge in [0.25, 0.3) is 0 Å². The van der Waals surface area contributed by atoms with Crippen molar-refractivity contribution < 1.29 is 9.90 Å². The van der Waals surface area contributed by atoms with Gasteiger partial charge >= 0.3 is 5.97 Å². The van der Waals surface area contributed by atoms with Crippen LogP contribution in [0.15, 0.2) is 30.3 Å². The number of hydrogen-bond donors (Lipinski definition) is 1. The van der Waals surface area contributed by atoms with E-state index in [0.717, 1.165) is 6.42 Å². The summed E-state index contributed by atoms with van der Waals surface area (Å²) < 4.78 is 0. The maximum Gasteiger partial charge on any atom is 0.303 e. The molecule has 21 heavy (non-hydrogen) atoms. The fourth-order valence-corrected chi connectivity index (χ4v) is 5.21. The number of carboxylic acids is 1. The van der Waals surface area contributed by atoms with E-state index < -0.39 is 5.97 Å². The first kappa shape index (κ1) is 14.6. The zero-order valence-electron chi connectivity index (χ0n) is 13.0. The number of carboxylic acid groups (broad SMARTS) is 1. The van der Waals surface area contributed by atoms with Gasteiger partial charge in [-0.15, -0.1) is 0 Å². The van der Waals surface area contributed by atoms with Crippen LogP contribution in [0.4, 0.5) is 0 Å². The molecule has 3 atom stereocenters. The number of fused-ring (bicyclic) bond motifs is 2. The zero-order valence-corrected chi connectivity index (χ0v) is 13.0. The smallest absolute Gasteiger partial charge is 0.303 e. The molecule has 3 unspecified atom stereocenters. The van der Waals surface area contributed by atoms with Gasteiger partial charge in [-0.3, -0.25) is 4.79 Å². The minimum Gasteiger partial charge on any atom is -0.481 e. The van der Waals surface area contributed by atoms with Crippen molar-refractivity contribution in [3.8, 4) is 0 Å². The molecule has 2 fully saturated rings. The highest BCUT2D eigenvalue weighted by molar-refractivity contribution is 5.66. The van der Waals surface area contributed by atoms with Crippen LogP contribution >= 0.6 is 0 Å². The van der Waals surface area contributed by atoms with E-state index in [2.05, 4.69) is 37.3 Å². The highest BCUT2D eigenvalue weighted by Crippen LogP contribution is 2.58. The molecular weight excluding hydrogens is 260 g/mol. The molecule has 0 saturated heterocycles. The lowest BCUT2D eigenvalue weighted by atomic mass is 9.50. The molecule has 1 aromatic rings. The van der Waals surface area contributed by atoms with Crippen molar-refractivity contribution in [1.29, 1.82) is 0 Å². The van der Waals surface area contributed by atoms with Crippen molar-refractivity contribution in [3.63, 3.8) is 0 Å². The minimum absolute atomic E-state index is 0.301. The maximum atomic E-state index is 10.9. The molecule has 0 aliphatic heterocycles. The molecule has 0 spiro atoms. The van der Waals surface area contributed by atoms with Gasteiger partial charge in [0.2, 0.25) is 0 Å². The molecule has 2 bridgehead atoms. The molecular formula is C19H26O2. The van der Waals surface area contributed by atoms with Crippen LogP contribution in [0.5, 0.6) is 0 Å². The average Bonchev–Trinajstić information content (AvgIpc) is 2.45. The zero-order chi connectivity index (χ0) is 14.9. The molecule has 1 N–H and O–H groups in total. The van der Waals surface area contributed by atoms with Crippen molar-refractivity contribution in [2.24, 2.45) is 11.3 Å². The molecule has 2 aliphatic carbocycles. The van der Waals surface area contributed by atoms with E-state index in [0.29, 0.717) is 23.2 Å². The van der Waals surface area contributed by atoms with Crippen LogP contribution in [0.3, 0.4) is 0 Å². The molecule has 0 amide bonds. The van der Waals surface area contributed by atoms with Crippen LogP contribution in [-0.4, -0.2) is 11.1 Å². The van der Waals surface area contributed by atoms with Gasteiger partial charge in [0, 0.05) is 6.42 Å². The Morgan fingerprint density at radius 1 is 1.24 bits per heavy atom. The molecule has 2 nitrogen and oxygen atoms in total. The lowest BCUT2D eigenvalue weighted by molar-refractivity contribution is -0.137. The number of benzene rings is 1. The molecule has 0 heterocycles. The van der Waals surface area contributed by atoms with Crippen LogP contribution in [0.25, 0.3) is 0 Å². The molecule has 114 valence electrons. The SMILES string of the molecule is CC12CCCC(c3ccccc3)(CC(CCC(=O)O)C1)C2. The molecule has 2 aliphatic rings. The summed E-state index contributed by atoms with van der Waals surface area (Å²) >= 11 is 0. The third kappa shape index (κ3) is 3.00. The number of aliphatic carboxylic acids is 1. The van der Waals surface area contributed by atoms with Gasteiger partial charge in [0.1, 0.15) is 0 Å². The number of carbonyl (C=O) groups is 1. The van der Waals surface area contributed by atoms with Crippen molar-refractivity contribution in [2.45, 2.75) is 63.7 Å². The maximum absolute atomic E-state index is 10.9. The predicted octanol–water partition coefficient (Wildman–Crippen LogP) is 4.78. The van der Waals surface area contributed by atoms with E-state index in [1.807, 2.05) is 0 Å². The van der Waals surface area contributed by atoms with E-state index in [1.54, 1.807) is 0 Å². The Hall–Kier alpha value is -1.31. The summed E-state index contributed by atoms with van der Waals surface area (Å²) in [6, 6.07) is 11.0. The van der Waals surface area contributed by atoms with Gasteiger partial charge in [0.15, 0.2) is 0 Å². The summed E-state index contributed by atoms with van der Waals surface area (Å²) in [7, 11) is 0. The minimum atomic E-state index is -0.648. The standard InChI is InChI=1S/C19H26O2/c1-18-10-5-11-19(14-18,16-6-3-2-4-7-16)13-15(12-18)8-9-17(20)21/h2-4,6-7,15H,5,8-14H2,1H3,(H,20,21). The summed E-state index contributed by atoms with van der Waals surface area (Å²) in [5.74, 6) is -0.0787. The van der Waals surface area contributed by atoms with Gasteiger partial charge < -0.3 is 5.11 Å². The van der Waals surface area contributed by atoms with Crippen LogP contribution in [-0.2, 0) is 10.2 Å². The van der Waals surface area contributed by atoms with E-state index in [9.17, 15) is 4.79 Å². The van der Waals surface area contributed by atoms with Crippen LogP contribution < -0.4 is 0 Å². The summed E-state index contributed by atoms with van der Waals surface area (Å²) in [5, 5.41) is 8.99. The fraction of sp³-hybridized carbons (Fsp3) is 0.632. The van der Waals surface area contributed by atoms with Crippen molar-refractivity contribution in [2.75, 3.05) is 0 Å². The van der Waals surface area contributed by atoms with E-state index in [4.69, 9.17) is 5.11 Å². The lowest BCUT2D eigenvalue weighted by Gasteiger charge is -2.54. The molecule has 0 radical (unpaired) electrons. The second-order valence-corrected chi connectivity index (χ2v) is 7.69. The van der Waals surface area contributed by atoms with Gasteiger partial charge in [-0.05, 0) is 60.8 Å². The Morgan fingerprint density at radius 3 is 2.71 bits per heavy atom. The first-order valence-electron chi connectivity index (χ1n) is 8.29. The van der Waals surface area contributed by atoms with Crippen molar-refractivity contribution >= 4 is 5.97 Å². The predicted molar refractivity (Wildman–Crippen MR) is 84.3 cm³/mol. The van der Waals surface area contributed by atoms with Crippen LogP contribution in [0.1, 0.15) is 63.9 Å². The topological polar surface area (TPSA) is 37.3 Å². The Balaban J connectivity index is 1.86. The van der Waals surface area contributed by atoms with E-state index in [1.165, 1.54) is 44.1 Å². The van der Waals surface area contributed by atoms with Gasteiger partial charge in [0.05, 0.1) is 0 Å². The molecule has 3 rings (SSSR count). The second kappa shape index (κ2) is 5.47. The monoisotopic (exact) mass is 286 g/mol. The highest BCUT2D eigenvalue weighted by atomic mass is 16.4. The Kier molecular flexibility index (Phi) is 3.81. The third-order valence-electron chi connectivity index (χ3n) is 5.81. The van der Waals surface area contributed by atoms with Gasteiger partial charge in [-0.1, -0.05) is 43.7 Å². The second-order valence-electron chi connectivity index (χ2n) is 7.69. The fourth-order valence-electron chi connectivity index (χ4n) is 5.21. The summed E-state index contributed by atoms with van der Waals surface area (Å²) in [6.07, 6.45) is 8.76. The summed E-state index contributed by atoms with van der Waals surface area (Å²) in [6.45, 7) is 2.43. The quantitative estimate of drug-likeness (QED) is 0.865. The third-order valence-corrected chi connectivity index (χ3v) is 5.81. The Morgan fingerprint density at radius 2 is 2.00 bits per heavy atom. The molecule has 2 heteroatoms. The van der Waals surface area contributed by atoms with Crippen LogP contribution in [0, 0.1) is 11.3 Å². The first-order chi connectivity index (χ1) is 10.0. The van der Waals surface area contributed by atoms with E-state index >= 15 is 0 Å². The van der Waals surface area contributed by atoms with Crippen LogP contribution in [0.2, 0.25) is 0 Å². The number of hydrogen-bond acceptors (Lipinski definition) is 1. The summed E-state index contributed by atoms with van der Waals surface area (Å²) in [5.41, 5.74) is 2.20. The van der Waals surface area contributed by atoms with Gasteiger partial charge in [-0.25, -0.2) is 0 Å². The first-order valence-corrected chi connectivity index (χ1v) is 8.29. The van der Waals surface area contributed by atoms with Crippen molar-refractivity contribution in [1.82, 2.24) is 0 Å². The van der Waals surface area contributed by atoms with Crippen molar-refractivity contribution in [3.05, 3.63) is 35.9 Å². The average molecular weight is 286 g/mol. The highest BCUT2D eigenvalue weighted by Gasteiger charge is 2.49. The molecule has 2 saturated carbocycles. The lowest BCUT2D eigenvalue weighted by Crippen LogP contribution is -2.45. The molecule has 0 aromatic heterocycles. The van der Waals surface area contributed by atoms with Gasteiger partial charge in [-0.2, -0.15) is 0 Å². The number of rotatable bonds is 4. The Bertz CT molecular complexity index is 510. The molecule has 1 aromatic carbocycles. The summed E-state index contributed by atoms with van der Waals surface area (Å²) in [4.78, 5) is 10.9. The largest absolute Gasteiger partial charge is 0.481 e. The normalized spacial score (nSPS) is 35.4.